The molecule has 0 bridgehead atoms. The molecule has 15 nitrogen and oxygen atoms in total. The van der Waals surface area contributed by atoms with E-state index in [1.807, 2.05) is 30.3 Å². The second kappa shape index (κ2) is 16.5. The summed E-state index contributed by atoms with van der Waals surface area (Å²) in [6, 6.07) is 16.2. The van der Waals surface area contributed by atoms with Crippen molar-refractivity contribution < 1.29 is 48.3 Å². The fraction of sp³-hybridized carbons (Fsp3) is 0.342. The molecule has 3 N–H and O–H groups in total. The van der Waals surface area contributed by atoms with Gasteiger partial charge in [0.15, 0.2) is 23.2 Å². The molecule has 3 heterocycles. The van der Waals surface area contributed by atoms with Crippen molar-refractivity contribution in [2.75, 3.05) is 11.9 Å². The lowest BCUT2D eigenvalue weighted by Gasteiger charge is -2.36. The zero-order valence-electron chi connectivity index (χ0n) is 29.8. The smallest absolute Gasteiger partial charge is 0.348 e. The molecular weight excluding hydrogens is 722 g/mol. The Labute approximate surface area is 315 Å². The minimum Gasteiger partial charge on any atom is -0.479 e. The molecule has 1 aliphatic rings. The van der Waals surface area contributed by atoms with Gasteiger partial charge >= 0.3 is 23.9 Å². The second-order valence-electron chi connectivity index (χ2n) is 12.4. The molecule has 0 amide bonds. The number of imidazole rings is 1. The Morgan fingerprint density at radius 2 is 1.83 bits per heavy atom. The molecule has 5 rings (SSSR count). The molecule has 1 fully saturated rings. The van der Waals surface area contributed by atoms with Crippen LogP contribution in [0.1, 0.15) is 63.0 Å². The van der Waals surface area contributed by atoms with Crippen molar-refractivity contribution in [3.05, 3.63) is 89.0 Å². The number of anilines is 1. The maximum Gasteiger partial charge on any atom is 0.348 e. The number of hydrogen-bond acceptors (Lipinski definition) is 12. The maximum absolute atomic E-state index is 13.1. The number of fused-ring (bicyclic) bond motifs is 1. The number of carbonyl (C=O) groups is 4. The van der Waals surface area contributed by atoms with Gasteiger partial charge in [-0.05, 0) is 41.6 Å². The van der Waals surface area contributed by atoms with Crippen LogP contribution >= 0.6 is 11.6 Å². The van der Waals surface area contributed by atoms with Crippen LogP contribution in [0.3, 0.4) is 0 Å². The van der Waals surface area contributed by atoms with Crippen molar-refractivity contribution in [2.24, 2.45) is 0 Å². The van der Waals surface area contributed by atoms with Gasteiger partial charge in [-0.3, -0.25) is 14.2 Å². The summed E-state index contributed by atoms with van der Waals surface area (Å²) in [6.45, 7) is 5.08. The van der Waals surface area contributed by atoms with E-state index in [-0.39, 0.29) is 28.7 Å². The minimum atomic E-state index is -2.89. The zero-order valence-corrected chi connectivity index (χ0v) is 30.5. The van der Waals surface area contributed by atoms with E-state index in [2.05, 4.69) is 26.2 Å². The highest BCUT2D eigenvalue weighted by molar-refractivity contribution is 6.28. The second-order valence-corrected chi connectivity index (χ2v) is 12.7. The summed E-state index contributed by atoms with van der Waals surface area (Å²) in [5, 5.41) is 24.2. The SMILES string of the molecule is C#C[C@@]1(OC(C)=O)[C@@H](COC(C(=O)O)(C(=O)O)C(CC)c2cccc(C=CC)c2)O[C@@H](n2cnc3c(NCc4ccccc4)nc(Cl)nc32)[C@@H]1OC(C)=O. The number of esters is 2. The molecule has 2 aromatic carbocycles. The van der Waals surface area contributed by atoms with Crippen molar-refractivity contribution in [2.45, 2.75) is 76.2 Å². The Bertz CT molecular complexity index is 2100. The van der Waals surface area contributed by atoms with Gasteiger partial charge in [0.05, 0.1) is 12.9 Å². The van der Waals surface area contributed by atoms with Gasteiger partial charge in [0.2, 0.25) is 17.0 Å². The summed E-state index contributed by atoms with van der Waals surface area (Å²) in [7, 11) is 0. The van der Waals surface area contributed by atoms with Gasteiger partial charge in [-0.1, -0.05) is 79.6 Å². The molecule has 1 saturated heterocycles. The van der Waals surface area contributed by atoms with Crippen molar-refractivity contribution >= 4 is 58.5 Å². The van der Waals surface area contributed by atoms with E-state index in [0.29, 0.717) is 17.7 Å². The third-order valence-corrected chi connectivity index (χ3v) is 9.10. The Morgan fingerprint density at radius 3 is 2.44 bits per heavy atom. The number of nitrogens with zero attached hydrogens (tertiary/aromatic N) is 4. The molecule has 1 aliphatic heterocycles. The maximum atomic E-state index is 13.1. The highest BCUT2D eigenvalue weighted by atomic mass is 35.5. The number of ether oxygens (including phenoxy) is 4. The Morgan fingerprint density at radius 1 is 1.11 bits per heavy atom. The van der Waals surface area contributed by atoms with Crippen LogP contribution in [0.5, 0.6) is 0 Å². The van der Waals surface area contributed by atoms with Crippen LogP contribution in [0.15, 0.2) is 67.0 Å². The highest BCUT2D eigenvalue weighted by Crippen LogP contribution is 2.45. The molecule has 4 aromatic rings. The number of hydrogen-bond donors (Lipinski definition) is 3. The van der Waals surface area contributed by atoms with E-state index in [4.69, 9.17) is 37.0 Å². The lowest BCUT2D eigenvalue weighted by Crippen LogP contribution is -2.57. The van der Waals surface area contributed by atoms with Gasteiger partial charge in [0, 0.05) is 26.3 Å². The van der Waals surface area contributed by atoms with E-state index >= 15 is 0 Å². The molecule has 5 atom stereocenters. The summed E-state index contributed by atoms with van der Waals surface area (Å²) in [5.74, 6) is -3.96. The topological polar surface area (TPSA) is 201 Å². The largest absolute Gasteiger partial charge is 0.479 e. The predicted molar refractivity (Wildman–Crippen MR) is 195 cm³/mol. The average Bonchev–Trinajstić information content (AvgIpc) is 3.67. The average molecular weight is 760 g/mol. The lowest BCUT2D eigenvalue weighted by molar-refractivity contribution is -0.198. The number of carboxylic acid groups (broad SMARTS) is 2. The molecule has 2 aromatic heterocycles. The van der Waals surface area contributed by atoms with E-state index < -0.39 is 66.0 Å². The quantitative estimate of drug-likeness (QED) is 0.0632. The van der Waals surface area contributed by atoms with E-state index in [1.165, 1.54) is 10.9 Å². The number of aliphatic carboxylic acids is 2. The number of halogens is 1. The number of benzene rings is 2. The monoisotopic (exact) mass is 759 g/mol. The predicted octanol–water partition coefficient (Wildman–Crippen LogP) is 5.01. The van der Waals surface area contributed by atoms with Crippen LogP contribution in [0.2, 0.25) is 5.28 Å². The van der Waals surface area contributed by atoms with E-state index in [0.717, 1.165) is 19.4 Å². The number of carbonyl (C=O) groups excluding carboxylic acids is 2. The highest BCUT2D eigenvalue weighted by Gasteiger charge is 2.64. The Kier molecular flexibility index (Phi) is 12.0. The van der Waals surface area contributed by atoms with E-state index in [1.54, 1.807) is 50.3 Å². The number of aromatic nitrogens is 4. The van der Waals surface area contributed by atoms with Crippen molar-refractivity contribution in [1.29, 1.82) is 0 Å². The first-order chi connectivity index (χ1) is 25.8. The molecule has 0 aliphatic carbocycles. The van der Waals surface area contributed by atoms with Gasteiger partial charge in [-0.2, -0.15) is 9.97 Å². The number of carboxylic acids is 2. The molecular formula is C38H38ClN5O10. The van der Waals surface area contributed by atoms with Gasteiger partial charge in [0.1, 0.15) is 6.10 Å². The summed E-state index contributed by atoms with van der Waals surface area (Å²) >= 11 is 6.36. The number of terminal acetylenes is 1. The van der Waals surface area contributed by atoms with Gasteiger partial charge in [-0.25, -0.2) is 14.6 Å². The van der Waals surface area contributed by atoms with Crippen LogP contribution in [-0.4, -0.2) is 83.6 Å². The lowest BCUT2D eigenvalue weighted by atomic mass is 9.79. The molecule has 0 saturated carbocycles. The summed E-state index contributed by atoms with van der Waals surface area (Å²) in [6.07, 6.45) is 6.26. The van der Waals surface area contributed by atoms with Crippen LogP contribution in [-0.2, 0) is 44.7 Å². The van der Waals surface area contributed by atoms with Crippen LogP contribution in [0, 0.1) is 12.3 Å². The number of nitrogens with one attached hydrogen (secondary N) is 1. The summed E-state index contributed by atoms with van der Waals surface area (Å²) in [5.41, 5.74) is -2.81. The molecule has 0 spiro atoms. The zero-order chi connectivity index (χ0) is 39.2. The molecule has 282 valence electrons. The van der Waals surface area contributed by atoms with Gasteiger partial charge < -0.3 is 34.5 Å². The van der Waals surface area contributed by atoms with Crippen molar-refractivity contribution in [3.8, 4) is 12.3 Å². The Hall–Kier alpha value is -5.82. The molecule has 1 unspecified atom stereocenters. The molecule has 54 heavy (non-hydrogen) atoms. The summed E-state index contributed by atoms with van der Waals surface area (Å²) in [4.78, 5) is 64.5. The Balaban J connectivity index is 1.59. The standard InChI is InChI=1S/C38H38ClN5O10/c1-6-13-24-16-12-17-26(18-24)27(7-2)38(34(47)48,35(49)50)51-20-28-37(8-3,54-23(5)46)30(52-22(4)45)33(53-28)44-21-41-29-31(42-36(39)43-32(29)44)40-19-25-14-10-9-11-15-25/h3,6,9-18,21,27-28,30,33H,7,19-20H2,1-2,4-5H3,(H,47,48)(H,49,50)(H,40,42,43)/t27?,28-,30+,33-,37-/m1/s1. The normalized spacial score (nSPS) is 20.3. The van der Waals surface area contributed by atoms with Crippen molar-refractivity contribution in [3.63, 3.8) is 0 Å². The van der Waals surface area contributed by atoms with Crippen LogP contribution < -0.4 is 5.32 Å². The summed E-state index contributed by atoms with van der Waals surface area (Å²) < 4.78 is 25.0. The fourth-order valence-electron chi connectivity index (χ4n) is 6.63. The first-order valence-corrected chi connectivity index (χ1v) is 17.2. The van der Waals surface area contributed by atoms with Crippen molar-refractivity contribution in [1.82, 2.24) is 19.5 Å². The first kappa shape index (κ1) is 39.4. The molecule has 0 radical (unpaired) electrons. The first-order valence-electron chi connectivity index (χ1n) is 16.8. The number of rotatable bonds is 15. The van der Waals surface area contributed by atoms with Crippen LogP contribution in [0.4, 0.5) is 5.82 Å². The third kappa shape index (κ3) is 7.63. The minimum absolute atomic E-state index is 0.0223. The van der Waals surface area contributed by atoms with Gasteiger partial charge in [0.25, 0.3) is 5.60 Å². The fourth-order valence-corrected chi connectivity index (χ4v) is 6.80. The number of allylic oxidation sites excluding steroid dienone is 1. The molecule has 16 heteroatoms. The third-order valence-electron chi connectivity index (χ3n) is 8.93. The van der Waals surface area contributed by atoms with Crippen LogP contribution in [0.25, 0.3) is 17.2 Å². The van der Waals surface area contributed by atoms with Gasteiger partial charge in [-0.15, -0.1) is 6.42 Å². The van der Waals surface area contributed by atoms with E-state index in [9.17, 15) is 29.4 Å².